The molecule has 3 nitrogen and oxygen atoms in total. The first-order valence-corrected chi connectivity index (χ1v) is 7.06. The summed E-state index contributed by atoms with van der Waals surface area (Å²) in [6.07, 6.45) is 4.95. The molecule has 3 heteroatoms. The number of benzene rings is 1. The maximum atomic E-state index is 9.49. The average molecular weight is 246 g/mol. The zero-order valence-corrected chi connectivity index (χ0v) is 10.8. The minimum Gasteiger partial charge on any atom is -0.395 e. The summed E-state index contributed by atoms with van der Waals surface area (Å²) < 4.78 is 0. The number of fused-ring (bicyclic) bond motifs is 1. The molecule has 1 aliphatic carbocycles. The molecule has 1 unspecified atom stereocenters. The zero-order chi connectivity index (χ0) is 12.4. The van der Waals surface area contributed by atoms with Crippen molar-refractivity contribution in [3.63, 3.8) is 0 Å². The van der Waals surface area contributed by atoms with Gasteiger partial charge in [0, 0.05) is 30.9 Å². The van der Waals surface area contributed by atoms with Gasteiger partial charge in [-0.05, 0) is 37.3 Å². The van der Waals surface area contributed by atoms with Gasteiger partial charge in [0.1, 0.15) is 0 Å². The van der Waals surface area contributed by atoms with E-state index in [1.807, 2.05) is 0 Å². The van der Waals surface area contributed by atoms with E-state index in [9.17, 15) is 5.11 Å². The van der Waals surface area contributed by atoms with E-state index in [1.165, 1.54) is 36.9 Å². The van der Waals surface area contributed by atoms with Crippen LogP contribution in [0.3, 0.4) is 0 Å². The van der Waals surface area contributed by atoms with Crippen LogP contribution in [0.5, 0.6) is 0 Å². The van der Waals surface area contributed by atoms with Gasteiger partial charge in [-0.25, -0.2) is 0 Å². The summed E-state index contributed by atoms with van der Waals surface area (Å²) in [4.78, 5) is 2.43. The summed E-state index contributed by atoms with van der Waals surface area (Å²) in [6, 6.07) is 9.53. The lowest BCUT2D eigenvalue weighted by atomic mass is 10.0. The van der Waals surface area contributed by atoms with E-state index in [-0.39, 0.29) is 12.6 Å². The Morgan fingerprint density at radius 1 is 1.33 bits per heavy atom. The predicted molar refractivity (Wildman–Crippen MR) is 74.0 cm³/mol. The molecule has 0 saturated heterocycles. The number of hydrogen-bond acceptors (Lipinski definition) is 3. The standard InChI is InChI=1S/C15H22N2O/c18-11-14(16-13-7-8-13)10-17-9-3-5-12-4-1-2-6-15(12)17/h1-2,4,6,13-14,16,18H,3,5,7-11H2. The van der Waals surface area contributed by atoms with Gasteiger partial charge in [-0.1, -0.05) is 18.2 Å². The van der Waals surface area contributed by atoms with E-state index >= 15 is 0 Å². The van der Waals surface area contributed by atoms with Crippen LogP contribution in [0.2, 0.25) is 0 Å². The molecule has 1 aromatic rings. The summed E-state index contributed by atoms with van der Waals surface area (Å²) in [5.41, 5.74) is 2.81. The molecular formula is C15H22N2O. The Labute approximate surface area is 109 Å². The summed E-state index contributed by atoms with van der Waals surface area (Å²) in [7, 11) is 0. The average Bonchev–Trinajstić information content (AvgIpc) is 3.22. The van der Waals surface area contributed by atoms with Crippen LogP contribution in [0, 0.1) is 0 Å². The van der Waals surface area contributed by atoms with Gasteiger partial charge in [0.15, 0.2) is 0 Å². The Hall–Kier alpha value is -1.06. The van der Waals surface area contributed by atoms with E-state index in [0.29, 0.717) is 6.04 Å². The second-order valence-corrected chi connectivity index (χ2v) is 5.50. The van der Waals surface area contributed by atoms with Gasteiger partial charge in [-0.2, -0.15) is 0 Å². The van der Waals surface area contributed by atoms with Crippen LogP contribution in [0.15, 0.2) is 24.3 Å². The SMILES string of the molecule is OCC(CN1CCCc2ccccc21)NC1CC1. The predicted octanol–water partition coefficient (Wildman–Crippen LogP) is 1.55. The molecule has 0 bridgehead atoms. The fourth-order valence-corrected chi connectivity index (χ4v) is 2.81. The monoisotopic (exact) mass is 246 g/mol. The van der Waals surface area contributed by atoms with Crippen molar-refractivity contribution in [3.8, 4) is 0 Å². The van der Waals surface area contributed by atoms with Crippen molar-refractivity contribution in [1.29, 1.82) is 0 Å². The number of hydrogen-bond donors (Lipinski definition) is 2. The number of para-hydroxylation sites is 1. The van der Waals surface area contributed by atoms with Crippen molar-refractivity contribution >= 4 is 5.69 Å². The first kappa shape index (κ1) is 12.0. The first-order chi connectivity index (χ1) is 8.86. The third kappa shape index (κ3) is 2.68. The summed E-state index contributed by atoms with van der Waals surface area (Å²) >= 11 is 0. The highest BCUT2D eigenvalue weighted by Crippen LogP contribution is 2.27. The van der Waals surface area contributed by atoms with Crippen LogP contribution in [0.1, 0.15) is 24.8 Å². The largest absolute Gasteiger partial charge is 0.395 e. The molecule has 2 N–H and O–H groups in total. The highest BCUT2D eigenvalue weighted by Gasteiger charge is 2.26. The number of aryl methyl sites for hydroxylation is 1. The van der Waals surface area contributed by atoms with Crippen molar-refractivity contribution in [2.24, 2.45) is 0 Å². The summed E-state index contributed by atoms with van der Waals surface area (Å²) in [6.45, 7) is 2.26. The fraction of sp³-hybridized carbons (Fsp3) is 0.600. The van der Waals surface area contributed by atoms with Crippen molar-refractivity contribution in [2.45, 2.75) is 37.8 Å². The number of aliphatic hydroxyl groups is 1. The topological polar surface area (TPSA) is 35.5 Å². The van der Waals surface area contributed by atoms with Crippen molar-refractivity contribution in [2.75, 3.05) is 24.6 Å². The number of anilines is 1. The maximum absolute atomic E-state index is 9.49. The second-order valence-electron chi connectivity index (χ2n) is 5.50. The lowest BCUT2D eigenvalue weighted by Crippen LogP contribution is -2.45. The lowest BCUT2D eigenvalue weighted by molar-refractivity contribution is 0.242. The van der Waals surface area contributed by atoms with Gasteiger partial charge in [0.2, 0.25) is 0 Å². The molecule has 0 aromatic heterocycles. The van der Waals surface area contributed by atoms with E-state index in [4.69, 9.17) is 0 Å². The summed E-state index contributed by atoms with van der Waals surface area (Å²) in [5.74, 6) is 0. The number of nitrogens with zero attached hydrogens (tertiary/aromatic N) is 1. The van der Waals surface area contributed by atoms with Crippen LogP contribution in [0.4, 0.5) is 5.69 Å². The normalized spacial score (nSPS) is 20.6. The van der Waals surface area contributed by atoms with Crippen molar-refractivity contribution in [1.82, 2.24) is 5.32 Å². The van der Waals surface area contributed by atoms with Gasteiger partial charge in [0.05, 0.1) is 6.61 Å². The molecule has 1 aromatic carbocycles. The molecule has 1 aliphatic heterocycles. The Morgan fingerprint density at radius 3 is 2.94 bits per heavy atom. The molecule has 3 rings (SSSR count). The number of aliphatic hydroxyl groups excluding tert-OH is 1. The third-order valence-corrected chi connectivity index (χ3v) is 3.92. The second kappa shape index (κ2) is 5.29. The van der Waals surface area contributed by atoms with Crippen molar-refractivity contribution in [3.05, 3.63) is 29.8 Å². The van der Waals surface area contributed by atoms with Gasteiger partial charge in [-0.15, -0.1) is 0 Å². The lowest BCUT2D eigenvalue weighted by Gasteiger charge is -2.34. The molecule has 0 spiro atoms. The van der Waals surface area contributed by atoms with Crippen LogP contribution in [-0.2, 0) is 6.42 Å². The maximum Gasteiger partial charge on any atom is 0.0602 e. The summed E-state index contributed by atoms with van der Waals surface area (Å²) in [5, 5.41) is 13.0. The Morgan fingerprint density at radius 2 is 2.17 bits per heavy atom. The molecule has 18 heavy (non-hydrogen) atoms. The van der Waals surface area contributed by atoms with Gasteiger partial charge in [-0.3, -0.25) is 0 Å². The molecule has 98 valence electrons. The molecule has 0 amide bonds. The molecule has 1 atom stereocenters. The van der Waals surface area contributed by atoms with Gasteiger partial charge in [0.25, 0.3) is 0 Å². The molecule has 1 saturated carbocycles. The smallest absolute Gasteiger partial charge is 0.0602 e. The minimum atomic E-state index is 0.212. The van der Waals surface area contributed by atoms with Crippen LogP contribution in [-0.4, -0.2) is 36.9 Å². The van der Waals surface area contributed by atoms with E-state index < -0.39 is 0 Å². The molecule has 1 fully saturated rings. The molecule has 0 radical (unpaired) electrons. The van der Waals surface area contributed by atoms with Crippen LogP contribution >= 0.6 is 0 Å². The Kier molecular flexibility index (Phi) is 3.52. The fourth-order valence-electron chi connectivity index (χ4n) is 2.81. The van der Waals surface area contributed by atoms with Gasteiger partial charge >= 0.3 is 0 Å². The van der Waals surface area contributed by atoms with E-state index in [2.05, 4.69) is 34.5 Å². The zero-order valence-electron chi connectivity index (χ0n) is 10.8. The Balaban J connectivity index is 1.68. The number of nitrogens with one attached hydrogen (secondary N) is 1. The molecule has 2 aliphatic rings. The highest BCUT2D eigenvalue weighted by atomic mass is 16.3. The van der Waals surface area contributed by atoms with Gasteiger partial charge < -0.3 is 15.3 Å². The Bertz CT molecular complexity index is 403. The van der Waals surface area contributed by atoms with E-state index in [0.717, 1.165) is 13.1 Å². The quantitative estimate of drug-likeness (QED) is 0.827. The molecular weight excluding hydrogens is 224 g/mol. The highest BCUT2D eigenvalue weighted by molar-refractivity contribution is 5.55. The van der Waals surface area contributed by atoms with E-state index in [1.54, 1.807) is 0 Å². The van der Waals surface area contributed by atoms with Crippen LogP contribution in [0.25, 0.3) is 0 Å². The first-order valence-electron chi connectivity index (χ1n) is 7.06. The number of rotatable bonds is 5. The molecule has 1 heterocycles. The van der Waals surface area contributed by atoms with Crippen molar-refractivity contribution < 1.29 is 5.11 Å². The minimum absolute atomic E-state index is 0.212. The third-order valence-electron chi connectivity index (χ3n) is 3.92. The van der Waals surface area contributed by atoms with Crippen LogP contribution < -0.4 is 10.2 Å².